The number of hydrogen-bond acceptors (Lipinski definition) is 6. The average Bonchev–Trinajstić information content (AvgIpc) is 3.24. The maximum absolute atomic E-state index is 11.3. The Morgan fingerprint density at radius 2 is 2.25 bits per heavy atom. The van der Waals surface area contributed by atoms with Crippen LogP contribution in [0.4, 0.5) is 4.79 Å². The van der Waals surface area contributed by atoms with Crippen LogP contribution in [-0.4, -0.2) is 67.8 Å². The molecular formula is C24H38N4O4. The minimum absolute atomic E-state index is 0.0282. The van der Waals surface area contributed by atoms with Crippen LogP contribution in [0.5, 0.6) is 0 Å². The Labute approximate surface area is 191 Å². The summed E-state index contributed by atoms with van der Waals surface area (Å²) in [6.07, 6.45) is 13.2. The number of nitrogens with zero attached hydrogens (tertiary/aromatic N) is 3. The van der Waals surface area contributed by atoms with Crippen molar-refractivity contribution in [2.24, 2.45) is 5.41 Å². The van der Waals surface area contributed by atoms with E-state index in [1.807, 2.05) is 4.68 Å². The van der Waals surface area contributed by atoms with Gasteiger partial charge in [-0.2, -0.15) is 5.10 Å². The SMILES string of the molecule is CNC(=O)OCCN(C)Cc1cn(C2CCCCO2)nc1C1=CCC2(CCCOC2)CC1. The van der Waals surface area contributed by atoms with Gasteiger partial charge in [-0.25, -0.2) is 9.48 Å². The van der Waals surface area contributed by atoms with E-state index in [1.54, 1.807) is 7.05 Å². The second-order valence-electron chi connectivity index (χ2n) is 9.52. The Bertz CT molecular complexity index is 794. The van der Waals surface area contributed by atoms with Crippen molar-refractivity contribution in [3.05, 3.63) is 23.5 Å². The molecule has 1 aliphatic carbocycles. The van der Waals surface area contributed by atoms with Gasteiger partial charge in [0.1, 0.15) is 12.8 Å². The van der Waals surface area contributed by atoms with Gasteiger partial charge in [-0.15, -0.1) is 0 Å². The predicted molar refractivity (Wildman–Crippen MR) is 122 cm³/mol. The van der Waals surface area contributed by atoms with E-state index in [4.69, 9.17) is 19.3 Å². The molecule has 0 aromatic carbocycles. The van der Waals surface area contributed by atoms with Crippen molar-refractivity contribution in [3.8, 4) is 0 Å². The minimum atomic E-state index is -0.394. The highest BCUT2D eigenvalue weighted by molar-refractivity contribution is 5.67. The molecule has 1 N–H and O–H groups in total. The smallest absolute Gasteiger partial charge is 0.406 e. The second kappa shape index (κ2) is 10.8. The molecule has 1 amide bonds. The lowest BCUT2D eigenvalue weighted by Gasteiger charge is -2.39. The Morgan fingerprint density at radius 3 is 2.94 bits per heavy atom. The maximum Gasteiger partial charge on any atom is 0.406 e. The van der Waals surface area contributed by atoms with Gasteiger partial charge in [0.05, 0.1) is 12.3 Å². The summed E-state index contributed by atoms with van der Waals surface area (Å²) in [6.45, 7) is 4.38. The summed E-state index contributed by atoms with van der Waals surface area (Å²) in [4.78, 5) is 13.5. The fraction of sp³-hybridized carbons (Fsp3) is 0.750. The van der Waals surface area contributed by atoms with Crippen molar-refractivity contribution in [1.82, 2.24) is 20.0 Å². The zero-order valence-electron chi connectivity index (χ0n) is 19.6. The number of alkyl carbamates (subject to hydrolysis) is 1. The molecule has 1 aromatic heterocycles. The molecule has 8 heteroatoms. The number of carbonyl (C=O) groups excluding carboxylic acids is 1. The van der Waals surface area contributed by atoms with Crippen LogP contribution in [-0.2, 0) is 20.8 Å². The van der Waals surface area contributed by atoms with Gasteiger partial charge >= 0.3 is 6.09 Å². The molecule has 0 bridgehead atoms. The Morgan fingerprint density at radius 1 is 1.34 bits per heavy atom. The highest BCUT2D eigenvalue weighted by atomic mass is 16.5. The fourth-order valence-corrected chi connectivity index (χ4v) is 5.06. The number of hydrogen-bond donors (Lipinski definition) is 1. The molecule has 3 aliphatic rings. The Balaban J connectivity index is 1.48. The van der Waals surface area contributed by atoms with E-state index in [-0.39, 0.29) is 6.23 Å². The largest absolute Gasteiger partial charge is 0.448 e. The van der Waals surface area contributed by atoms with Crippen molar-refractivity contribution in [3.63, 3.8) is 0 Å². The molecule has 178 valence electrons. The van der Waals surface area contributed by atoms with Crippen LogP contribution >= 0.6 is 0 Å². The quantitative estimate of drug-likeness (QED) is 0.688. The highest BCUT2D eigenvalue weighted by Crippen LogP contribution is 2.44. The third-order valence-corrected chi connectivity index (χ3v) is 7.02. The van der Waals surface area contributed by atoms with Gasteiger partial charge in [0, 0.05) is 45.1 Å². The first-order chi connectivity index (χ1) is 15.6. The number of ether oxygens (including phenoxy) is 3. The first-order valence-corrected chi connectivity index (χ1v) is 12.1. The number of rotatable bonds is 7. The first-order valence-electron chi connectivity index (χ1n) is 12.1. The summed E-state index contributed by atoms with van der Waals surface area (Å²) in [7, 11) is 3.62. The van der Waals surface area contributed by atoms with E-state index in [9.17, 15) is 4.79 Å². The molecule has 0 radical (unpaired) electrons. The van der Waals surface area contributed by atoms with Crippen LogP contribution in [0.2, 0.25) is 0 Å². The lowest BCUT2D eigenvalue weighted by molar-refractivity contribution is -0.0396. The van der Waals surface area contributed by atoms with Crippen LogP contribution in [0.25, 0.3) is 5.57 Å². The van der Waals surface area contributed by atoms with Gasteiger partial charge in [0.2, 0.25) is 0 Å². The molecular weight excluding hydrogens is 408 g/mol. The molecule has 2 saturated heterocycles. The van der Waals surface area contributed by atoms with Crippen molar-refractivity contribution in [2.75, 3.05) is 47.1 Å². The molecule has 1 spiro atoms. The number of amides is 1. The van der Waals surface area contributed by atoms with Crippen molar-refractivity contribution >= 4 is 11.7 Å². The second-order valence-corrected chi connectivity index (χ2v) is 9.52. The molecule has 8 nitrogen and oxygen atoms in total. The monoisotopic (exact) mass is 446 g/mol. The average molecular weight is 447 g/mol. The van der Waals surface area contributed by atoms with E-state index in [0.29, 0.717) is 18.6 Å². The topological polar surface area (TPSA) is 77.9 Å². The van der Waals surface area contributed by atoms with E-state index < -0.39 is 6.09 Å². The van der Waals surface area contributed by atoms with Gasteiger partial charge in [0.15, 0.2) is 0 Å². The summed E-state index contributed by atoms with van der Waals surface area (Å²) >= 11 is 0. The van der Waals surface area contributed by atoms with Crippen LogP contribution in [0.1, 0.15) is 68.9 Å². The molecule has 2 atom stereocenters. The van der Waals surface area contributed by atoms with Crippen LogP contribution < -0.4 is 5.32 Å². The molecule has 2 aliphatic heterocycles. The number of likely N-dealkylation sites (N-methyl/N-ethyl adjacent to an activating group) is 1. The standard InChI is InChI=1S/C24H38N4O4/c1-25-23(29)32-15-12-27(2)16-20-17-28(21-6-3-4-14-31-21)26-22(20)19-7-10-24(11-8-19)9-5-13-30-18-24/h7,17,21H,3-6,8-16,18H2,1-2H3,(H,25,29). The number of allylic oxidation sites excluding steroid dienone is 2. The van der Waals surface area contributed by atoms with Gasteiger partial charge < -0.3 is 19.5 Å². The van der Waals surface area contributed by atoms with Crippen molar-refractivity contribution < 1.29 is 19.0 Å². The molecule has 0 saturated carbocycles. The third-order valence-electron chi connectivity index (χ3n) is 7.02. The van der Waals surface area contributed by atoms with Crippen molar-refractivity contribution in [2.45, 2.75) is 64.1 Å². The Hall–Kier alpha value is -1.90. The molecule has 2 fully saturated rings. The molecule has 2 unspecified atom stereocenters. The minimum Gasteiger partial charge on any atom is -0.448 e. The highest BCUT2D eigenvalue weighted by Gasteiger charge is 2.35. The van der Waals surface area contributed by atoms with Gasteiger partial charge in [-0.1, -0.05) is 6.08 Å². The summed E-state index contributed by atoms with van der Waals surface area (Å²) in [5.41, 5.74) is 3.99. The molecule has 4 rings (SSSR count). The van der Waals surface area contributed by atoms with Crippen LogP contribution in [0.15, 0.2) is 12.3 Å². The normalized spacial score (nSPS) is 26.2. The van der Waals surface area contributed by atoms with E-state index in [1.165, 1.54) is 36.8 Å². The van der Waals surface area contributed by atoms with Crippen LogP contribution in [0.3, 0.4) is 0 Å². The van der Waals surface area contributed by atoms with Gasteiger partial charge in [0.25, 0.3) is 0 Å². The summed E-state index contributed by atoms with van der Waals surface area (Å²) in [6, 6.07) is 0. The molecule has 1 aromatic rings. The van der Waals surface area contributed by atoms with Crippen LogP contribution in [0, 0.1) is 5.41 Å². The lowest BCUT2D eigenvalue weighted by Crippen LogP contribution is -2.33. The number of aromatic nitrogens is 2. The third kappa shape index (κ3) is 5.71. The fourth-order valence-electron chi connectivity index (χ4n) is 5.06. The van der Waals surface area contributed by atoms with Gasteiger partial charge in [-0.3, -0.25) is 4.90 Å². The van der Waals surface area contributed by atoms with E-state index in [0.717, 1.165) is 57.7 Å². The van der Waals surface area contributed by atoms with Crippen molar-refractivity contribution in [1.29, 1.82) is 0 Å². The zero-order valence-corrected chi connectivity index (χ0v) is 19.6. The van der Waals surface area contributed by atoms with Gasteiger partial charge in [-0.05, 0) is 69.4 Å². The Kier molecular flexibility index (Phi) is 7.86. The first kappa shape index (κ1) is 23.3. The van der Waals surface area contributed by atoms with E-state index >= 15 is 0 Å². The summed E-state index contributed by atoms with van der Waals surface area (Å²) in [5, 5.41) is 7.52. The van der Waals surface area contributed by atoms with E-state index in [2.05, 4.69) is 29.5 Å². The number of nitrogens with one attached hydrogen (secondary N) is 1. The zero-order chi connectivity index (χ0) is 22.4. The number of carbonyl (C=O) groups is 1. The summed E-state index contributed by atoms with van der Waals surface area (Å²) < 4.78 is 19.0. The lowest BCUT2D eigenvalue weighted by atomic mass is 9.71. The maximum atomic E-state index is 11.3. The predicted octanol–water partition coefficient (Wildman–Crippen LogP) is 3.73. The molecule has 32 heavy (non-hydrogen) atoms. The summed E-state index contributed by atoms with van der Waals surface area (Å²) in [5.74, 6) is 0. The molecule has 3 heterocycles.